The number of aryl methyl sites for hydroxylation is 1. The standard InChI is InChI=1S/C22H30N4O3S/c1-4-25(5-2)22(27)19-15-23-21(24-17(19)3)20-13-9-10-14-26(20)30(28,29)16-18-11-7-6-8-12-18/h6-8,11-12,15,20H,4-5,9-10,13-14,16H2,1-3H3/t20-/m0/s1. The van der Waals surface area contributed by atoms with Crippen LogP contribution in [0, 0.1) is 6.92 Å². The molecule has 0 spiro atoms. The van der Waals surface area contributed by atoms with Crippen molar-refractivity contribution in [2.45, 2.75) is 51.8 Å². The summed E-state index contributed by atoms with van der Waals surface area (Å²) < 4.78 is 27.9. The first kappa shape index (κ1) is 22.4. The van der Waals surface area contributed by atoms with Crippen LogP contribution in [0.25, 0.3) is 0 Å². The number of nitrogens with zero attached hydrogens (tertiary/aromatic N) is 4. The molecule has 1 aromatic carbocycles. The molecule has 162 valence electrons. The van der Waals surface area contributed by atoms with Crippen LogP contribution in [0.5, 0.6) is 0 Å². The monoisotopic (exact) mass is 430 g/mol. The predicted molar refractivity (Wildman–Crippen MR) is 116 cm³/mol. The molecule has 0 radical (unpaired) electrons. The van der Waals surface area contributed by atoms with Crippen molar-refractivity contribution >= 4 is 15.9 Å². The number of amides is 1. The summed E-state index contributed by atoms with van der Waals surface area (Å²) in [4.78, 5) is 23.4. The molecule has 0 unspecified atom stereocenters. The zero-order valence-corrected chi connectivity index (χ0v) is 18.7. The van der Waals surface area contributed by atoms with Crippen molar-refractivity contribution in [1.29, 1.82) is 0 Å². The van der Waals surface area contributed by atoms with Crippen LogP contribution in [0.3, 0.4) is 0 Å². The lowest BCUT2D eigenvalue weighted by atomic mass is 10.0. The van der Waals surface area contributed by atoms with Gasteiger partial charge in [0, 0.05) is 25.8 Å². The predicted octanol–water partition coefficient (Wildman–Crippen LogP) is 3.32. The third-order valence-electron chi connectivity index (χ3n) is 5.58. The van der Waals surface area contributed by atoms with E-state index in [0.29, 0.717) is 43.1 Å². The van der Waals surface area contributed by atoms with Crippen LogP contribution in [0.15, 0.2) is 36.5 Å². The number of rotatable bonds is 7. The van der Waals surface area contributed by atoms with E-state index in [0.717, 1.165) is 18.4 Å². The highest BCUT2D eigenvalue weighted by molar-refractivity contribution is 7.88. The number of piperidine rings is 1. The Kier molecular flexibility index (Phi) is 7.20. The molecule has 1 aliphatic heterocycles. The molecule has 30 heavy (non-hydrogen) atoms. The fraction of sp³-hybridized carbons (Fsp3) is 0.500. The van der Waals surface area contributed by atoms with Gasteiger partial charge in [-0.1, -0.05) is 36.8 Å². The quantitative estimate of drug-likeness (QED) is 0.673. The van der Waals surface area contributed by atoms with E-state index in [2.05, 4.69) is 9.97 Å². The van der Waals surface area contributed by atoms with Gasteiger partial charge in [0.2, 0.25) is 10.0 Å². The minimum Gasteiger partial charge on any atom is -0.339 e. The van der Waals surface area contributed by atoms with E-state index < -0.39 is 16.1 Å². The zero-order chi connectivity index (χ0) is 21.7. The van der Waals surface area contributed by atoms with Crippen molar-refractivity contribution in [2.75, 3.05) is 19.6 Å². The van der Waals surface area contributed by atoms with Crippen LogP contribution in [0.1, 0.15) is 66.6 Å². The van der Waals surface area contributed by atoms with Crippen molar-refractivity contribution < 1.29 is 13.2 Å². The number of benzene rings is 1. The first-order valence-corrected chi connectivity index (χ1v) is 12.1. The van der Waals surface area contributed by atoms with E-state index in [4.69, 9.17) is 0 Å². The first-order valence-electron chi connectivity index (χ1n) is 10.5. The van der Waals surface area contributed by atoms with Gasteiger partial charge in [-0.3, -0.25) is 4.79 Å². The molecule has 7 nitrogen and oxygen atoms in total. The van der Waals surface area contributed by atoms with Gasteiger partial charge in [-0.25, -0.2) is 18.4 Å². The topological polar surface area (TPSA) is 83.5 Å². The van der Waals surface area contributed by atoms with Gasteiger partial charge in [-0.15, -0.1) is 0 Å². The summed E-state index contributed by atoms with van der Waals surface area (Å²) in [6, 6.07) is 8.81. The Balaban J connectivity index is 1.87. The minimum absolute atomic E-state index is 0.0398. The lowest BCUT2D eigenvalue weighted by Crippen LogP contribution is -2.40. The van der Waals surface area contributed by atoms with Gasteiger partial charge < -0.3 is 4.90 Å². The average molecular weight is 431 g/mol. The van der Waals surface area contributed by atoms with E-state index in [-0.39, 0.29) is 11.7 Å². The lowest BCUT2D eigenvalue weighted by molar-refractivity contribution is 0.0771. The molecule has 2 aromatic rings. The van der Waals surface area contributed by atoms with E-state index in [9.17, 15) is 13.2 Å². The second-order valence-electron chi connectivity index (χ2n) is 7.57. The maximum atomic E-state index is 13.2. The van der Waals surface area contributed by atoms with Gasteiger partial charge in [0.15, 0.2) is 0 Å². The SMILES string of the molecule is CCN(CC)C(=O)c1cnc([C@@H]2CCCCN2S(=O)(=O)Cc2ccccc2)nc1C. The molecule has 8 heteroatoms. The molecular weight excluding hydrogens is 400 g/mol. The number of aromatic nitrogens is 2. The van der Waals surface area contributed by atoms with Gasteiger partial charge in [0.1, 0.15) is 5.82 Å². The first-order chi connectivity index (χ1) is 14.4. The van der Waals surface area contributed by atoms with Gasteiger partial charge in [-0.05, 0) is 39.2 Å². The van der Waals surface area contributed by atoms with Crippen molar-refractivity contribution in [3.63, 3.8) is 0 Å². The Bertz CT molecular complexity index is 975. The number of sulfonamides is 1. The molecule has 1 saturated heterocycles. The largest absolute Gasteiger partial charge is 0.339 e. The molecule has 1 atom stereocenters. The van der Waals surface area contributed by atoms with E-state index in [1.165, 1.54) is 0 Å². The molecule has 2 heterocycles. The molecule has 0 saturated carbocycles. The average Bonchev–Trinajstić information content (AvgIpc) is 2.75. The number of hydrogen-bond donors (Lipinski definition) is 0. The van der Waals surface area contributed by atoms with Crippen molar-refractivity contribution in [3.05, 3.63) is 59.2 Å². The van der Waals surface area contributed by atoms with Crippen LogP contribution < -0.4 is 0 Å². The van der Waals surface area contributed by atoms with Crippen molar-refractivity contribution in [1.82, 2.24) is 19.2 Å². The maximum absolute atomic E-state index is 13.2. The smallest absolute Gasteiger partial charge is 0.257 e. The third kappa shape index (κ3) is 4.87. The highest BCUT2D eigenvalue weighted by Crippen LogP contribution is 2.32. The summed E-state index contributed by atoms with van der Waals surface area (Å²) in [6.45, 7) is 7.35. The summed E-state index contributed by atoms with van der Waals surface area (Å²) in [6.07, 6.45) is 3.97. The van der Waals surface area contributed by atoms with Gasteiger partial charge in [-0.2, -0.15) is 4.31 Å². The molecule has 3 rings (SSSR count). The lowest BCUT2D eigenvalue weighted by Gasteiger charge is -2.34. The normalized spacial score (nSPS) is 17.6. The number of hydrogen-bond acceptors (Lipinski definition) is 5. The van der Waals surface area contributed by atoms with Crippen LogP contribution in [-0.2, 0) is 15.8 Å². The van der Waals surface area contributed by atoms with Gasteiger partial charge in [0.25, 0.3) is 5.91 Å². The van der Waals surface area contributed by atoms with E-state index in [1.54, 1.807) is 22.3 Å². The second kappa shape index (κ2) is 9.66. The Labute approximate surface area is 179 Å². The van der Waals surface area contributed by atoms with Crippen LogP contribution in [0.2, 0.25) is 0 Å². The molecule has 0 aliphatic carbocycles. The van der Waals surface area contributed by atoms with Gasteiger partial charge >= 0.3 is 0 Å². The second-order valence-corrected chi connectivity index (χ2v) is 9.49. The fourth-order valence-corrected chi connectivity index (χ4v) is 5.67. The Hall–Kier alpha value is -2.32. The van der Waals surface area contributed by atoms with E-state index in [1.807, 2.05) is 44.2 Å². The van der Waals surface area contributed by atoms with Crippen molar-refractivity contribution in [3.8, 4) is 0 Å². The highest BCUT2D eigenvalue weighted by Gasteiger charge is 2.35. The minimum atomic E-state index is -3.52. The molecular formula is C22H30N4O3S. The summed E-state index contributed by atoms with van der Waals surface area (Å²) in [5, 5.41) is 0. The van der Waals surface area contributed by atoms with Gasteiger partial charge in [0.05, 0.1) is 23.1 Å². The fourth-order valence-electron chi connectivity index (χ4n) is 3.90. The highest BCUT2D eigenvalue weighted by atomic mass is 32.2. The molecule has 1 aliphatic rings. The Morgan fingerprint density at radius 3 is 2.50 bits per heavy atom. The zero-order valence-electron chi connectivity index (χ0n) is 17.9. The number of carbonyl (C=O) groups excluding carboxylic acids is 1. The van der Waals surface area contributed by atoms with Crippen LogP contribution >= 0.6 is 0 Å². The Morgan fingerprint density at radius 2 is 1.87 bits per heavy atom. The summed E-state index contributed by atoms with van der Waals surface area (Å²) in [5.41, 5.74) is 1.82. The summed E-state index contributed by atoms with van der Waals surface area (Å²) in [5.74, 6) is 0.336. The number of carbonyl (C=O) groups is 1. The maximum Gasteiger partial charge on any atom is 0.257 e. The molecule has 0 bridgehead atoms. The summed E-state index contributed by atoms with van der Waals surface area (Å²) >= 11 is 0. The molecule has 1 fully saturated rings. The molecule has 1 amide bonds. The molecule has 1 aromatic heterocycles. The Morgan fingerprint density at radius 1 is 1.17 bits per heavy atom. The van der Waals surface area contributed by atoms with E-state index >= 15 is 0 Å². The van der Waals surface area contributed by atoms with Crippen LogP contribution in [0.4, 0.5) is 0 Å². The summed E-state index contributed by atoms with van der Waals surface area (Å²) in [7, 11) is -3.52. The third-order valence-corrected chi connectivity index (χ3v) is 7.43. The van der Waals surface area contributed by atoms with Crippen LogP contribution in [-0.4, -0.2) is 53.1 Å². The van der Waals surface area contributed by atoms with Crippen molar-refractivity contribution in [2.24, 2.45) is 0 Å². The molecule has 0 N–H and O–H groups in total.